The lowest BCUT2D eigenvalue weighted by Gasteiger charge is -2.34. The van der Waals surface area contributed by atoms with Crippen molar-refractivity contribution >= 4 is 17.8 Å². The molecule has 0 saturated carbocycles. The van der Waals surface area contributed by atoms with Crippen molar-refractivity contribution in [1.29, 1.82) is 0 Å². The van der Waals surface area contributed by atoms with Gasteiger partial charge in [-0.25, -0.2) is 4.79 Å². The van der Waals surface area contributed by atoms with Crippen molar-refractivity contribution in [3.8, 4) is 0 Å². The number of alkyl carbamates (subject to hydrolysis) is 1. The number of piperidine rings is 1. The highest BCUT2D eigenvalue weighted by Gasteiger charge is 2.32. The number of ketones is 1. The van der Waals surface area contributed by atoms with Crippen molar-refractivity contribution < 1.29 is 19.1 Å². The van der Waals surface area contributed by atoms with Crippen LogP contribution in [-0.4, -0.2) is 41.8 Å². The lowest BCUT2D eigenvalue weighted by atomic mass is 9.88. The number of hydrogen-bond donors (Lipinski definition) is 1. The van der Waals surface area contributed by atoms with Gasteiger partial charge in [0.05, 0.1) is 0 Å². The minimum atomic E-state index is -0.750. The molecule has 1 unspecified atom stereocenters. The maximum Gasteiger partial charge on any atom is 0.408 e. The molecule has 2 amide bonds. The molecule has 1 atom stereocenters. The van der Waals surface area contributed by atoms with Gasteiger partial charge in [0, 0.05) is 31.0 Å². The fourth-order valence-corrected chi connectivity index (χ4v) is 4.49. The van der Waals surface area contributed by atoms with Crippen molar-refractivity contribution in [1.82, 2.24) is 10.2 Å². The number of benzene rings is 3. The van der Waals surface area contributed by atoms with Crippen LogP contribution in [0.15, 0.2) is 84.9 Å². The van der Waals surface area contributed by atoms with Gasteiger partial charge >= 0.3 is 6.09 Å². The van der Waals surface area contributed by atoms with E-state index in [2.05, 4.69) is 5.32 Å². The van der Waals surface area contributed by atoms with Gasteiger partial charge in [0.2, 0.25) is 5.91 Å². The summed E-state index contributed by atoms with van der Waals surface area (Å²) in [6.07, 6.45) is 0.948. The highest BCUT2D eigenvalue weighted by molar-refractivity contribution is 5.98. The van der Waals surface area contributed by atoms with Gasteiger partial charge in [-0.1, -0.05) is 90.5 Å². The Morgan fingerprint density at radius 2 is 1.44 bits per heavy atom. The van der Waals surface area contributed by atoms with Crippen LogP contribution in [0.1, 0.15) is 39.9 Å². The first-order valence-electron chi connectivity index (χ1n) is 12.4. The van der Waals surface area contributed by atoms with E-state index < -0.39 is 12.1 Å². The van der Waals surface area contributed by atoms with E-state index in [4.69, 9.17) is 4.74 Å². The lowest BCUT2D eigenvalue weighted by Crippen LogP contribution is -2.52. The number of nitrogens with zero attached hydrogens (tertiary/aromatic N) is 1. The minimum absolute atomic E-state index is 0.104. The first-order chi connectivity index (χ1) is 17.5. The summed E-state index contributed by atoms with van der Waals surface area (Å²) in [6.45, 7) is 3.08. The molecule has 3 aromatic rings. The largest absolute Gasteiger partial charge is 0.445 e. The van der Waals surface area contributed by atoms with Crippen LogP contribution in [0.2, 0.25) is 0 Å². The summed E-state index contributed by atoms with van der Waals surface area (Å²) in [4.78, 5) is 40.7. The highest BCUT2D eigenvalue weighted by Crippen LogP contribution is 2.23. The number of rotatable bonds is 8. The third kappa shape index (κ3) is 6.81. The Kier molecular flexibility index (Phi) is 8.50. The van der Waals surface area contributed by atoms with Gasteiger partial charge in [-0.3, -0.25) is 9.59 Å². The van der Waals surface area contributed by atoms with Crippen LogP contribution in [0.5, 0.6) is 0 Å². The Bertz CT molecular complexity index is 1150. The van der Waals surface area contributed by atoms with Crippen molar-refractivity contribution in [3.63, 3.8) is 0 Å². The van der Waals surface area contributed by atoms with E-state index in [-0.39, 0.29) is 24.2 Å². The number of hydrogen-bond acceptors (Lipinski definition) is 4. The molecule has 0 spiro atoms. The summed E-state index contributed by atoms with van der Waals surface area (Å²) in [6, 6.07) is 25.9. The summed E-state index contributed by atoms with van der Waals surface area (Å²) in [5.74, 6) is -0.129. The SMILES string of the molecule is Cc1ccc(C(=O)C2CCN(C(=O)C(Cc3ccccc3)NC(=O)OCc3ccccc3)CC2)cc1. The molecule has 0 aromatic heterocycles. The Balaban J connectivity index is 1.37. The van der Waals surface area contributed by atoms with Gasteiger partial charge < -0.3 is 15.0 Å². The van der Waals surface area contributed by atoms with E-state index >= 15 is 0 Å². The molecule has 6 nitrogen and oxygen atoms in total. The third-order valence-electron chi connectivity index (χ3n) is 6.60. The molecule has 6 heteroatoms. The average Bonchev–Trinajstić information content (AvgIpc) is 2.92. The summed E-state index contributed by atoms with van der Waals surface area (Å²) < 4.78 is 5.37. The first kappa shape index (κ1) is 25.2. The van der Waals surface area contributed by atoms with Crippen LogP contribution in [0, 0.1) is 12.8 Å². The molecule has 0 aliphatic carbocycles. The zero-order valence-electron chi connectivity index (χ0n) is 20.6. The van der Waals surface area contributed by atoms with E-state index in [9.17, 15) is 14.4 Å². The third-order valence-corrected chi connectivity index (χ3v) is 6.60. The first-order valence-corrected chi connectivity index (χ1v) is 12.4. The van der Waals surface area contributed by atoms with E-state index in [0.29, 0.717) is 32.4 Å². The second-order valence-electron chi connectivity index (χ2n) is 9.28. The summed E-state index contributed by atoms with van der Waals surface area (Å²) >= 11 is 0. The van der Waals surface area contributed by atoms with E-state index in [1.165, 1.54) is 0 Å². The molecule has 1 aliphatic heterocycles. The zero-order valence-corrected chi connectivity index (χ0v) is 20.6. The molecule has 1 N–H and O–H groups in total. The van der Waals surface area contributed by atoms with Crippen molar-refractivity contribution in [2.45, 2.75) is 38.8 Å². The molecule has 4 rings (SSSR count). The summed E-state index contributed by atoms with van der Waals surface area (Å²) in [7, 11) is 0. The van der Waals surface area contributed by atoms with Gasteiger partial charge in [-0.2, -0.15) is 0 Å². The van der Waals surface area contributed by atoms with Gasteiger partial charge in [-0.15, -0.1) is 0 Å². The normalized spacial score (nSPS) is 14.6. The maximum atomic E-state index is 13.5. The Morgan fingerprint density at radius 1 is 0.861 bits per heavy atom. The monoisotopic (exact) mass is 484 g/mol. The smallest absolute Gasteiger partial charge is 0.408 e. The molecule has 1 heterocycles. The second-order valence-corrected chi connectivity index (χ2v) is 9.28. The van der Waals surface area contributed by atoms with E-state index in [1.54, 1.807) is 4.90 Å². The van der Waals surface area contributed by atoms with Crippen LogP contribution in [-0.2, 0) is 22.6 Å². The molecular weight excluding hydrogens is 452 g/mol. The molecule has 3 aromatic carbocycles. The molecule has 186 valence electrons. The van der Waals surface area contributed by atoms with Crippen molar-refractivity contribution in [2.75, 3.05) is 13.1 Å². The summed E-state index contributed by atoms with van der Waals surface area (Å²) in [5, 5.41) is 2.78. The molecule has 1 fully saturated rings. The fraction of sp³-hybridized carbons (Fsp3) is 0.300. The quantitative estimate of drug-likeness (QED) is 0.459. The number of nitrogens with one attached hydrogen (secondary N) is 1. The highest BCUT2D eigenvalue weighted by atomic mass is 16.5. The average molecular weight is 485 g/mol. The topological polar surface area (TPSA) is 75.7 Å². The number of amides is 2. The van der Waals surface area contributed by atoms with Crippen LogP contribution in [0.4, 0.5) is 4.79 Å². The minimum Gasteiger partial charge on any atom is -0.445 e. The van der Waals surface area contributed by atoms with Crippen LogP contribution in [0.3, 0.4) is 0 Å². The number of carbonyl (C=O) groups excluding carboxylic acids is 3. The Labute approximate surface area is 212 Å². The molecule has 0 bridgehead atoms. The number of Topliss-reactive ketones (excluding diaryl/α,β-unsaturated/α-hetero) is 1. The molecule has 0 radical (unpaired) electrons. The van der Waals surface area contributed by atoms with Gasteiger partial charge in [-0.05, 0) is 30.9 Å². The predicted molar refractivity (Wildman–Crippen MR) is 139 cm³/mol. The van der Waals surface area contributed by atoms with Crippen molar-refractivity contribution in [3.05, 3.63) is 107 Å². The summed E-state index contributed by atoms with van der Waals surface area (Å²) in [5.41, 5.74) is 3.66. The van der Waals surface area contributed by atoms with Gasteiger partial charge in [0.15, 0.2) is 5.78 Å². The van der Waals surface area contributed by atoms with E-state index in [0.717, 1.165) is 22.3 Å². The number of aryl methyl sites for hydroxylation is 1. The Hall–Kier alpha value is -3.93. The van der Waals surface area contributed by atoms with Crippen LogP contribution < -0.4 is 5.32 Å². The number of carbonyl (C=O) groups is 3. The van der Waals surface area contributed by atoms with Crippen LogP contribution in [0.25, 0.3) is 0 Å². The maximum absolute atomic E-state index is 13.5. The Morgan fingerprint density at radius 3 is 2.06 bits per heavy atom. The number of ether oxygens (including phenoxy) is 1. The molecule has 1 saturated heterocycles. The van der Waals surface area contributed by atoms with Gasteiger partial charge in [0.1, 0.15) is 12.6 Å². The molecular formula is C30H32N2O4. The van der Waals surface area contributed by atoms with Crippen molar-refractivity contribution in [2.24, 2.45) is 5.92 Å². The predicted octanol–water partition coefficient (Wildman–Crippen LogP) is 4.95. The fourth-order valence-electron chi connectivity index (χ4n) is 4.49. The van der Waals surface area contributed by atoms with Crippen LogP contribution >= 0.6 is 0 Å². The number of likely N-dealkylation sites (tertiary alicyclic amines) is 1. The molecule has 36 heavy (non-hydrogen) atoms. The second kappa shape index (κ2) is 12.2. The molecule has 1 aliphatic rings. The lowest BCUT2D eigenvalue weighted by molar-refractivity contribution is -0.134. The standard InChI is InChI=1S/C30H32N2O4/c1-22-12-14-25(15-13-22)28(33)26-16-18-32(19-17-26)29(34)27(20-23-8-4-2-5-9-23)31-30(35)36-21-24-10-6-3-7-11-24/h2-15,26-27H,16-21H2,1H3,(H,31,35). The van der Waals surface area contributed by atoms with E-state index in [1.807, 2.05) is 91.9 Å². The van der Waals surface area contributed by atoms with Gasteiger partial charge in [0.25, 0.3) is 0 Å². The zero-order chi connectivity index (χ0) is 25.3.